The summed E-state index contributed by atoms with van der Waals surface area (Å²) in [6.07, 6.45) is 0.990. The number of aromatic nitrogens is 4. The Hall–Kier alpha value is -2.97. The molecular weight excluding hydrogens is 413 g/mol. The smallest absolute Gasteiger partial charge is 0.410 e. The van der Waals surface area contributed by atoms with Crippen molar-refractivity contribution < 1.29 is 18.4 Å². The molecule has 32 heavy (non-hydrogen) atoms. The third-order valence-electron chi connectivity index (χ3n) is 5.87. The summed E-state index contributed by atoms with van der Waals surface area (Å²) in [7, 11) is 0. The van der Waals surface area contributed by atoms with Crippen LogP contribution in [-0.4, -0.2) is 49.6 Å². The number of likely N-dealkylation sites (tertiary alicyclic amines) is 1. The Morgan fingerprint density at radius 2 is 1.94 bits per heavy atom. The maximum Gasteiger partial charge on any atom is 0.410 e. The first-order chi connectivity index (χ1) is 15.0. The number of nitrogens with zero attached hydrogens (tertiary/aromatic N) is 5. The number of hydrogen-bond acceptors (Lipinski definition) is 6. The lowest BCUT2D eigenvalue weighted by molar-refractivity contribution is 0.0156. The normalized spacial score (nSPS) is 16.7. The molecule has 1 aromatic carbocycles. The number of hydrogen-bond donors (Lipinski definition) is 0. The number of piperidine rings is 1. The van der Waals surface area contributed by atoms with Crippen molar-refractivity contribution in [3.05, 3.63) is 35.6 Å². The molecule has 2 aromatic heterocycles. The van der Waals surface area contributed by atoms with Gasteiger partial charge in [-0.15, -0.1) is 0 Å². The summed E-state index contributed by atoms with van der Waals surface area (Å²) in [6.45, 7) is 12.7. The van der Waals surface area contributed by atoms with Gasteiger partial charge in [0, 0.05) is 18.5 Å². The van der Waals surface area contributed by atoms with Crippen molar-refractivity contribution in [3.8, 4) is 5.95 Å². The van der Waals surface area contributed by atoms with Crippen LogP contribution >= 0.6 is 0 Å². The number of rotatable bonds is 3. The Morgan fingerprint density at radius 1 is 1.25 bits per heavy atom. The molecular formula is C23H30FN5O3. The largest absolute Gasteiger partial charge is 0.444 e. The van der Waals surface area contributed by atoms with Gasteiger partial charge in [-0.05, 0) is 50.8 Å². The van der Waals surface area contributed by atoms with Crippen molar-refractivity contribution in [3.63, 3.8) is 0 Å². The fourth-order valence-electron chi connectivity index (χ4n) is 3.99. The lowest BCUT2D eigenvalue weighted by Gasteiger charge is -2.37. The van der Waals surface area contributed by atoms with Crippen LogP contribution in [0.1, 0.15) is 71.9 Å². The highest BCUT2D eigenvalue weighted by atomic mass is 19.1. The SMILES string of the molecule is CC(C)c1nn(-c2noc(C3(C)CCN(C(=O)OC(C)(C)C)CC3)n2)c2c(F)cccc12. The minimum atomic E-state index is -0.532. The van der Waals surface area contributed by atoms with Crippen LogP contribution in [0.3, 0.4) is 0 Å². The summed E-state index contributed by atoms with van der Waals surface area (Å²) in [5, 5.41) is 9.45. The number of amides is 1. The van der Waals surface area contributed by atoms with Gasteiger partial charge >= 0.3 is 6.09 Å². The number of halogens is 1. The van der Waals surface area contributed by atoms with Crippen molar-refractivity contribution in [2.24, 2.45) is 0 Å². The summed E-state index contributed by atoms with van der Waals surface area (Å²) < 4.78 is 27.2. The first kappa shape index (κ1) is 22.2. The molecule has 8 nitrogen and oxygen atoms in total. The average Bonchev–Trinajstić information content (AvgIpc) is 3.33. The Labute approximate surface area is 186 Å². The molecule has 1 amide bonds. The number of ether oxygens (including phenoxy) is 1. The average molecular weight is 444 g/mol. The Morgan fingerprint density at radius 3 is 2.56 bits per heavy atom. The van der Waals surface area contributed by atoms with Gasteiger partial charge in [-0.2, -0.15) is 14.8 Å². The molecule has 172 valence electrons. The number of carbonyl (C=O) groups excluding carboxylic acids is 1. The Balaban J connectivity index is 1.58. The van der Waals surface area contributed by atoms with Gasteiger partial charge in [0.25, 0.3) is 5.95 Å². The Bertz CT molecular complexity index is 1140. The minimum Gasteiger partial charge on any atom is -0.444 e. The van der Waals surface area contributed by atoms with Crippen LogP contribution in [0.15, 0.2) is 22.7 Å². The van der Waals surface area contributed by atoms with E-state index in [2.05, 4.69) is 15.2 Å². The number of carbonyl (C=O) groups is 1. The first-order valence-corrected chi connectivity index (χ1v) is 11.0. The van der Waals surface area contributed by atoms with Gasteiger partial charge in [0.1, 0.15) is 16.9 Å². The molecule has 1 aliphatic rings. The zero-order valence-electron chi connectivity index (χ0n) is 19.5. The van der Waals surface area contributed by atoms with Gasteiger partial charge < -0.3 is 14.2 Å². The van der Waals surface area contributed by atoms with E-state index in [0.717, 1.165) is 11.1 Å². The summed E-state index contributed by atoms with van der Waals surface area (Å²) >= 11 is 0. The van der Waals surface area contributed by atoms with E-state index in [0.29, 0.717) is 37.3 Å². The van der Waals surface area contributed by atoms with E-state index in [1.54, 1.807) is 11.0 Å². The fraction of sp³-hybridized carbons (Fsp3) is 0.565. The second-order valence-electron chi connectivity index (χ2n) is 10.0. The second-order valence-corrected chi connectivity index (χ2v) is 10.0. The van der Waals surface area contributed by atoms with Crippen LogP contribution in [0.2, 0.25) is 0 Å². The van der Waals surface area contributed by atoms with E-state index in [4.69, 9.17) is 9.26 Å². The zero-order valence-corrected chi connectivity index (χ0v) is 19.5. The zero-order chi connectivity index (χ0) is 23.3. The van der Waals surface area contributed by atoms with Gasteiger partial charge in [0.15, 0.2) is 0 Å². The highest BCUT2D eigenvalue weighted by molar-refractivity contribution is 5.84. The van der Waals surface area contributed by atoms with Crippen molar-refractivity contribution in [1.29, 1.82) is 0 Å². The number of benzene rings is 1. The fourth-order valence-corrected chi connectivity index (χ4v) is 3.99. The third-order valence-corrected chi connectivity index (χ3v) is 5.87. The molecule has 0 radical (unpaired) electrons. The summed E-state index contributed by atoms with van der Waals surface area (Å²) in [6, 6.07) is 4.93. The van der Waals surface area contributed by atoms with E-state index in [1.807, 2.05) is 47.6 Å². The van der Waals surface area contributed by atoms with Crippen molar-refractivity contribution in [1.82, 2.24) is 24.8 Å². The lowest BCUT2D eigenvalue weighted by Crippen LogP contribution is -2.45. The van der Waals surface area contributed by atoms with Crippen LogP contribution in [0, 0.1) is 5.82 Å². The topological polar surface area (TPSA) is 86.3 Å². The summed E-state index contributed by atoms with van der Waals surface area (Å²) in [5.74, 6) is 0.395. The first-order valence-electron chi connectivity index (χ1n) is 11.0. The van der Waals surface area contributed by atoms with Crippen LogP contribution in [0.4, 0.5) is 9.18 Å². The molecule has 0 aliphatic carbocycles. The highest BCUT2D eigenvalue weighted by Crippen LogP contribution is 2.35. The molecule has 1 fully saturated rings. The van der Waals surface area contributed by atoms with E-state index in [1.165, 1.54) is 10.7 Å². The lowest BCUT2D eigenvalue weighted by atomic mass is 9.80. The molecule has 0 spiro atoms. The van der Waals surface area contributed by atoms with E-state index in [-0.39, 0.29) is 23.8 Å². The minimum absolute atomic E-state index is 0.113. The van der Waals surface area contributed by atoms with Gasteiger partial charge in [0.05, 0.1) is 11.1 Å². The van der Waals surface area contributed by atoms with Gasteiger partial charge in [-0.3, -0.25) is 0 Å². The Kier molecular flexibility index (Phi) is 5.46. The molecule has 1 saturated heterocycles. The molecule has 0 bridgehead atoms. The summed E-state index contributed by atoms with van der Waals surface area (Å²) in [5.41, 5.74) is 0.193. The molecule has 9 heteroatoms. The van der Waals surface area contributed by atoms with Crippen LogP contribution in [-0.2, 0) is 10.2 Å². The van der Waals surface area contributed by atoms with Gasteiger partial charge in [0.2, 0.25) is 5.89 Å². The predicted octanol–water partition coefficient (Wildman–Crippen LogP) is 4.96. The third kappa shape index (κ3) is 4.08. The maximum atomic E-state index is 14.7. The molecule has 0 unspecified atom stereocenters. The highest BCUT2D eigenvalue weighted by Gasteiger charge is 2.39. The van der Waals surface area contributed by atoms with Crippen LogP contribution < -0.4 is 0 Å². The summed E-state index contributed by atoms with van der Waals surface area (Å²) in [4.78, 5) is 18.7. The monoisotopic (exact) mass is 443 g/mol. The standard InChI is InChI=1S/C23H30FN5O3/c1-14(2)17-15-8-7-9-16(24)18(15)29(26-17)20-25-19(32-27-20)23(6)10-12-28(13-11-23)21(30)31-22(3,4)5/h7-9,14H,10-13H2,1-6H3. The molecule has 0 atom stereocenters. The van der Waals surface area contributed by atoms with Crippen LogP contribution in [0.25, 0.3) is 16.9 Å². The van der Waals surface area contributed by atoms with E-state index < -0.39 is 11.0 Å². The van der Waals surface area contributed by atoms with Gasteiger partial charge in [-0.1, -0.05) is 32.9 Å². The van der Waals surface area contributed by atoms with E-state index >= 15 is 0 Å². The van der Waals surface area contributed by atoms with Crippen molar-refractivity contribution >= 4 is 17.0 Å². The molecule has 3 aromatic rings. The van der Waals surface area contributed by atoms with Crippen molar-refractivity contribution in [2.45, 2.75) is 71.3 Å². The quantitative estimate of drug-likeness (QED) is 0.569. The molecule has 0 saturated carbocycles. The van der Waals surface area contributed by atoms with Gasteiger partial charge in [-0.25, -0.2) is 9.18 Å². The molecule has 0 N–H and O–H groups in total. The maximum absolute atomic E-state index is 14.7. The van der Waals surface area contributed by atoms with Crippen LogP contribution in [0.5, 0.6) is 0 Å². The number of para-hydroxylation sites is 1. The molecule has 3 heterocycles. The molecule has 1 aliphatic heterocycles. The number of fused-ring (bicyclic) bond motifs is 1. The molecule has 4 rings (SSSR count). The van der Waals surface area contributed by atoms with E-state index in [9.17, 15) is 9.18 Å². The predicted molar refractivity (Wildman–Crippen MR) is 117 cm³/mol. The second kappa shape index (κ2) is 7.86. The van der Waals surface area contributed by atoms with Crippen molar-refractivity contribution in [2.75, 3.05) is 13.1 Å².